The normalized spacial score (nSPS) is 15.4. The van der Waals surface area contributed by atoms with Crippen LogP contribution in [0.15, 0.2) is 42.5 Å². The standard InChI is InChI=1S/C22H26ClFN2O2/c1-16-4-2-5-18(14-16)28-13-10-25-22(27)17-8-11-26(12-9-17)15-19-20(23)6-3-7-21(19)24/h2-7,14,17H,8-13,15H2,1H3,(H,25,27). The number of hydrogen-bond acceptors (Lipinski definition) is 3. The Bertz CT molecular complexity index is 787. The van der Waals surface area contributed by atoms with Gasteiger partial charge >= 0.3 is 0 Å². The monoisotopic (exact) mass is 404 g/mol. The number of hydrogen-bond donors (Lipinski definition) is 1. The molecule has 0 aromatic heterocycles. The van der Waals surface area contributed by atoms with Crippen molar-refractivity contribution in [3.8, 4) is 5.75 Å². The number of nitrogens with zero attached hydrogens (tertiary/aromatic N) is 1. The van der Waals surface area contributed by atoms with Gasteiger partial charge in [0.05, 0.1) is 6.54 Å². The van der Waals surface area contributed by atoms with Crippen molar-refractivity contribution in [2.75, 3.05) is 26.2 Å². The zero-order valence-electron chi connectivity index (χ0n) is 16.1. The lowest BCUT2D eigenvalue weighted by Gasteiger charge is -2.31. The summed E-state index contributed by atoms with van der Waals surface area (Å²) < 4.78 is 19.6. The predicted octanol–water partition coefficient (Wildman–Crippen LogP) is 4.19. The number of halogens is 2. The molecule has 0 spiro atoms. The van der Waals surface area contributed by atoms with Gasteiger partial charge in [-0.2, -0.15) is 0 Å². The summed E-state index contributed by atoms with van der Waals surface area (Å²) in [7, 11) is 0. The molecule has 2 aromatic carbocycles. The molecular formula is C22H26ClFN2O2. The van der Waals surface area contributed by atoms with Crippen molar-refractivity contribution in [1.29, 1.82) is 0 Å². The number of likely N-dealkylation sites (tertiary alicyclic amines) is 1. The number of benzene rings is 2. The fourth-order valence-electron chi connectivity index (χ4n) is 3.45. The Labute approximate surface area is 170 Å². The van der Waals surface area contributed by atoms with Crippen molar-refractivity contribution in [1.82, 2.24) is 10.2 Å². The van der Waals surface area contributed by atoms with Crippen LogP contribution in [0.3, 0.4) is 0 Å². The third-order valence-corrected chi connectivity index (χ3v) is 5.42. The number of carbonyl (C=O) groups excluding carboxylic acids is 1. The smallest absolute Gasteiger partial charge is 0.223 e. The topological polar surface area (TPSA) is 41.6 Å². The zero-order chi connectivity index (χ0) is 19.9. The zero-order valence-corrected chi connectivity index (χ0v) is 16.8. The summed E-state index contributed by atoms with van der Waals surface area (Å²) in [5, 5.41) is 3.41. The molecule has 3 rings (SSSR count). The van der Waals surface area contributed by atoms with Crippen LogP contribution in [0.25, 0.3) is 0 Å². The molecule has 1 N–H and O–H groups in total. The summed E-state index contributed by atoms with van der Waals surface area (Å²) in [6, 6.07) is 12.6. The number of rotatable bonds is 7. The van der Waals surface area contributed by atoms with E-state index in [-0.39, 0.29) is 17.6 Å². The number of nitrogens with one attached hydrogen (secondary N) is 1. The molecule has 1 heterocycles. The van der Waals surface area contributed by atoms with Gasteiger partial charge in [0.2, 0.25) is 5.91 Å². The van der Waals surface area contributed by atoms with E-state index in [1.807, 2.05) is 31.2 Å². The SMILES string of the molecule is Cc1cccc(OCCNC(=O)C2CCN(Cc3c(F)cccc3Cl)CC2)c1. The summed E-state index contributed by atoms with van der Waals surface area (Å²) in [5.41, 5.74) is 1.67. The Balaban J connectivity index is 1.38. The molecule has 2 aromatic rings. The van der Waals surface area contributed by atoms with Crippen molar-refractivity contribution in [2.24, 2.45) is 5.92 Å². The van der Waals surface area contributed by atoms with Crippen molar-refractivity contribution < 1.29 is 13.9 Å². The quantitative estimate of drug-likeness (QED) is 0.703. The van der Waals surface area contributed by atoms with Crippen LogP contribution >= 0.6 is 11.6 Å². The Kier molecular flexibility index (Phi) is 7.29. The van der Waals surface area contributed by atoms with Crippen LogP contribution < -0.4 is 10.1 Å². The summed E-state index contributed by atoms with van der Waals surface area (Å²) in [5.74, 6) is 0.595. The molecule has 0 atom stereocenters. The van der Waals surface area contributed by atoms with Gasteiger partial charge in [0, 0.05) is 23.0 Å². The molecule has 1 aliphatic rings. The average Bonchev–Trinajstić information content (AvgIpc) is 2.69. The fraction of sp³-hybridized carbons (Fsp3) is 0.409. The van der Waals surface area contributed by atoms with Crippen LogP contribution in [0.2, 0.25) is 5.02 Å². The van der Waals surface area contributed by atoms with Crippen molar-refractivity contribution in [3.63, 3.8) is 0 Å². The second-order valence-corrected chi connectivity index (χ2v) is 7.61. The van der Waals surface area contributed by atoms with E-state index in [0.717, 1.165) is 37.2 Å². The summed E-state index contributed by atoms with van der Waals surface area (Å²) in [6.07, 6.45) is 1.52. The minimum Gasteiger partial charge on any atom is -0.492 e. The average molecular weight is 405 g/mol. The highest BCUT2D eigenvalue weighted by atomic mass is 35.5. The van der Waals surface area contributed by atoms with E-state index in [4.69, 9.17) is 16.3 Å². The third kappa shape index (κ3) is 5.69. The Morgan fingerprint density at radius 3 is 2.71 bits per heavy atom. The van der Waals surface area contributed by atoms with E-state index in [1.54, 1.807) is 12.1 Å². The first-order valence-electron chi connectivity index (χ1n) is 9.65. The second kappa shape index (κ2) is 9.89. The van der Waals surface area contributed by atoms with Crippen LogP contribution in [0, 0.1) is 18.7 Å². The van der Waals surface area contributed by atoms with Gasteiger partial charge in [-0.3, -0.25) is 9.69 Å². The van der Waals surface area contributed by atoms with Gasteiger partial charge in [0.15, 0.2) is 0 Å². The Hall–Kier alpha value is -2.11. The molecule has 1 saturated heterocycles. The number of carbonyl (C=O) groups is 1. The molecule has 0 radical (unpaired) electrons. The molecule has 6 heteroatoms. The van der Waals surface area contributed by atoms with E-state index in [0.29, 0.717) is 30.3 Å². The maximum Gasteiger partial charge on any atom is 0.223 e. The molecule has 0 aliphatic carbocycles. The van der Waals surface area contributed by atoms with E-state index < -0.39 is 0 Å². The lowest BCUT2D eigenvalue weighted by molar-refractivity contribution is -0.126. The minimum absolute atomic E-state index is 0.00804. The lowest BCUT2D eigenvalue weighted by Crippen LogP contribution is -2.41. The molecule has 150 valence electrons. The van der Waals surface area contributed by atoms with Gasteiger partial charge in [-0.1, -0.05) is 29.8 Å². The van der Waals surface area contributed by atoms with Gasteiger partial charge in [-0.15, -0.1) is 0 Å². The first-order chi connectivity index (χ1) is 13.5. The van der Waals surface area contributed by atoms with Gasteiger partial charge < -0.3 is 10.1 Å². The van der Waals surface area contributed by atoms with Crippen LogP contribution in [0.1, 0.15) is 24.0 Å². The number of piperidine rings is 1. The maximum absolute atomic E-state index is 13.9. The largest absolute Gasteiger partial charge is 0.492 e. The molecule has 0 bridgehead atoms. The second-order valence-electron chi connectivity index (χ2n) is 7.21. The first-order valence-corrected chi connectivity index (χ1v) is 10.0. The molecule has 1 amide bonds. The number of ether oxygens (including phenoxy) is 1. The van der Waals surface area contributed by atoms with E-state index in [1.165, 1.54) is 6.07 Å². The van der Waals surface area contributed by atoms with E-state index in [9.17, 15) is 9.18 Å². The van der Waals surface area contributed by atoms with Gasteiger partial charge in [-0.05, 0) is 62.7 Å². The minimum atomic E-state index is -0.277. The summed E-state index contributed by atoms with van der Waals surface area (Å²) in [4.78, 5) is 14.5. The molecule has 0 unspecified atom stereocenters. The molecule has 4 nitrogen and oxygen atoms in total. The first kappa shape index (κ1) is 20.6. The van der Waals surface area contributed by atoms with Crippen LogP contribution in [0.5, 0.6) is 5.75 Å². The number of aryl methyl sites for hydroxylation is 1. The highest BCUT2D eigenvalue weighted by Crippen LogP contribution is 2.24. The third-order valence-electron chi connectivity index (χ3n) is 5.06. The van der Waals surface area contributed by atoms with E-state index >= 15 is 0 Å². The Morgan fingerprint density at radius 1 is 1.25 bits per heavy atom. The van der Waals surface area contributed by atoms with Gasteiger partial charge in [-0.25, -0.2) is 4.39 Å². The van der Waals surface area contributed by atoms with Crippen molar-refractivity contribution >= 4 is 17.5 Å². The number of amides is 1. The highest BCUT2D eigenvalue weighted by molar-refractivity contribution is 6.31. The van der Waals surface area contributed by atoms with Crippen molar-refractivity contribution in [2.45, 2.75) is 26.3 Å². The van der Waals surface area contributed by atoms with Crippen LogP contribution in [0.4, 0.5) is 4.39 Å². The van der Waals surface area contributed by atoms with Crippen LogP contribution in [-0.4, -0.2) is 37.0 Å². The summed E-state index contributed by atoms with van der Waals surface area (Å²) in [6.45, 7) is 4.92. The maximum atomic E-state index is 13.9. The van der Waals surface area contributed by atoms with Crippen LogP contribution in [-0.2, 0) is 11.3 Å². The fourth-order valence-corrected chi connectivity index (χ4v) is 3.68. The molecule has 1 fully saturated rings. The Morgan fingerprint density at radius 2 is 2.00 bits per heavy atom. The van der Waals surface area contributed by atoms with Gasteiger partial charge in [0.1, 0.15) is 18.2 Å². The van der Waals surface area contributed by atoms with Gasteiger partial charge in [0.25, 0.3) is 0 Å². The van der Waals surface area contributed by atoms with E-state index in [2.05, 4.69) is 10.2 Å². The highest BCUT2D eigenvalue weighted by Gasteiger charge is 2.25. The summed E-state index contributed by atoms with van der Waals surface area (Å²) >= 11 is 6.11. The molecular weight excluding hydrogens is 379 g/mol. The molecule has 1 aliphatic heterocycles. The molecule has 0 saturated carbocycles. The predicted molar refractivity (Wildman–Crippen MR) is 109 cm³/mol. The lowest BCUT2D eigenvalue weighted by atomic mass is 9.95. The van der Waals surface area contributed by atoms with Crippen molar-refractivity contribution in [3.05, 3.63) is 64.4 Å². The molecule has 28 heavy (non-hydrogen) atoms.